The van der Waals surface area contributed by atoms with Gasteiger partial charge in [-0.05, 0) is 42.8 Å². The van der Waals surface area contributed by atoms with E-state index in [-0.39, 0.29) is 11.8 Å². The van der Waals surface area contributed by atoms with Gasteiger partial charge in [-0.25, -0.2) is 4.68 Å². The van der Waals surface area contributed by atoms with Crippen LogP contribution in [0.1, 0.15) is 18.4 Å². The van der Waals surface area contributed by atoms with Gasteiger partial charge in [0, 0.05) is 11.1 Å². The second kappa shape index (κ2) is 7.32. The number of amides is 1. The Balaban J connectivity index is 1.54. The number of fused-ring (bicyclic) bond motifs is 1. The number of benzene rings is 2. The van der Waals surface area contributed by atoms with Gasteiger partial charge >= 0.3 is 0 Å². The molecule has 3 aromatic rings. The third-order valence-electron chi connectivity index (χ3n) is 4.41. The second-order valence-electron chi connectivity index (χ2n) is 6.22. The fourth-order valence-corrected chi connectivity index (χ4v) is 3.11. The molecule has 0 saturated heterocycles. The molecule has 1 N–H and O–H groups in total. The van der Waals surface area contributed by atoms with Crippen molar-refractivity contribution in [2.75, 3.05) is 18.5 Å². The summed E-state index contributed by atoms with van der Waals surface area (Å²) in [5, 5.41) is 7.81. The monoisotopic (exact) mass is 383 g/mol. The summed E-state index contributed by atoms with van der Waals surface area (Å²) in [6.45, 7) is 2.90. The zero-order valence-corrected chi connectivity index (χ0v) is 15.4. The molecule has 2 heterocycles. The lowest BCUT2D eigenvalue weighted by atomic mass is 9.99. The Bertz CT molecular complexity index is 986. The van der Waals surface area contributed by atoms with Gasteiger partial charge in [-0.2, -0.15) is 5.10 Å². The van der Waals surface area contributed by atoms with E-state index in [0.29, 0.717) is 35.6 Å². The average Bonchev–Trinajstić information content (AvgIpc) is 3.15. The van der Waals surface area contributed by atoms with Crippen molar-refractivity contribution in [3.8, 4) is 17.2 Å². The SMILES string of the molecule is CC(C(=O)Nc1ccnn1-c1cccc(Cl)c1)c1ccc2c(c1)OCCO2. The molecule has 138 valence electrons. The van der Waals surface area contributed by atoms with Gasteiger partial charge < -0.3 is 14.8 Å². The second-order valence-corrected chi connectivity index (χ2v) is 6.66. The Morgan fingerprint density at radius 2 is 1.96 bits per heavy atom. The van der Waals surface area contributed by atoms with Gasteiger partial charge in [0.1, 0.15) is 19.0 Å². The molecule has 7 heteroatoms. The minimum atomic E-state index is -0.372. The van der Waals surface area contributed by atoms with Crippen LogP contribution in [0.15, 0.2) is 54.7 Å². The summed E-state index contributed by atoms with van der Waals surface area (Å²) in [5.41, 5.74) is 1.63. The molecule has 2 aromatic carbocycles. The smallest absolute Gasteiger partial charge is 0.232 e. The van der Waals surface area contributed by atoms with Crippen LogP contribution in [0.4, 0.5) is 5.82 Å². The molecule has 27 heavy (non-hydrogen) atoms. The summed E-state index contributed by atoms with van der Waals surface area (Å²) in [7, 11) is 0. The van der Waals surface area contributed by atoms with Crippen molar-refractivity contribution < 1.29 is 14.3 Å². The molecule has 4 rings (SSSR count). The van der Waals surface area contributed by atoms with E-state index in [1.165, 1.54) is 0 Å². The average molecular weight is 384 g/mol. The number of nitrogens with zero attached hydrogens (tertiary/aromatic N) is 2. The van der Waals surface area contributed by atoms with Crippen molar-refractivity contribution >= 4 is 23.3 Å². The first kappa shape index (κ1) is 17.4. The van der Waals surface area contributed by atoms with Gasteiger partial charge in [-0.15, -0.1) is 0 Å². The Kier molecular flexibility index (Phi) is 4.73. The molecule has 0 spiro atoms. The molecule has 1 unspecified atom stereocenters. The van der Waals surface area contributed by atoms with Crippen LogP contribution in [0.25, 0.3) is 5.69 Å². The number of carbonyl (C=O) groups excluding carboxylic acids is 1. The molecule has 1 atom stereocenters. The maximum atomic E-state index is 12.8. The van der Waals surface area contributed by atoms with Crippen LogP contribution < -0.4 is 14.8 Å². The molecular formula is C20H18ClN3O3. The number of carbonyl (C=O) groups is 1. The topological polar surface area (TPSA) is 65.4 Å². The van der Waals surface area contributed by atoms with Crippen molar-refractivity contribution in [3.63, 3.8) is 0 Å². The number of hydrogen-bond acceptors (Lipinski definition) is 4. The van der Waals surface area contributed by atoms with E-state index in [1.54, 1.807) is 29.1 Å². The number of halogens is 1. The van der Waals surface area contributed by atoms with Crippen molar-refractivity contribution in [1.82, 2.24) is 9.78 Å². The van der Waals surface area contributed by atoms with Gasteiger partial charge in [0.25, 0.3) is 0 Å². The van der Waals surface area contributed by atoms with E-state index in [9.17, 15) is 4.79 Å². The Morgan fingerprint density at radius 1 is 1.15 bits per heavy atom. The summed E-state index contributed by atoms with van der Waals surface area (Å²) >= 11 is 6.06. The van der Waals surface area contributed by atoms with Gasteiger partial charge in [0.15, 0.2) is 11.5 Å². The minimum Gasteiger partial charge on any atom is -0.486 e. The molecule has 0 fully saturated rings. The highest BCUT2D eigenvalue weighted by atomic mass is 35.5. The quantitative estimate of drug-likeness (QED) is 0.738. The van der Waals surface area contributed by atoms with Crippen LogP contribution in [-0.2, 0) is 4.79 Å². The zero-order valence-electron chi connectivity index (χ0n) is 14.7. The number of aromatic nitrogens is 2. The number of hydrogen-bond donors (Lipinski definition) is 1. The minimum absolute atomic E-state index is 0.143. The summed E-state index contributed by atoms with van der Waals surface area (Å²) in [4.78, 5) is 12.8. The van der Waals surface area contributed by atoms with Gasteiger partial charge in [-0.3, -0.25) is 4.79 Å². The maximum absolute atomic E-state index is 12.8. The Morgan fingerprint density at radius 3 is 2.78 bits per heavy atom. The highest BCUT2D eigenvalue weighted by Crippen LogP contribution is 2.33. The highest BCUT2D eigenvalue weighted by molar-refractivity contribution is 6.30. The van der Waals surface area contributed by atoms with E-state index in [4.69, 9.17) is 21.1 Å². The number of ether oxygens (including phenoxy) is 2. The van der Waals surface area contributed by atoms with E-state index >= 15 is 0 Å². The van der Waals surface area contributed by atoms with Crippen LogP contribution in [0.5, 0.6) is 11.5 Å². The molecule has 1 aliphatic heterocycles. The number of nitrogens with one attached hydrogen (secondary N) is 1. The molecule has 0 saturated carbocycles. The fourth-order valence-electron chi connectivity index (χ4n) is 2.93. The predicted octanol–water partition coefficient (Wildman–Crippen LogP) is 4.04. The molecule has 1 amide bonds. The normalized spacial score (nSPS) is 13.9. The Hall–Kier alpha value is -2.99. The maximum Gasteiger partial charge on any atom is 0.232 e. The largest absolute Gasteiger partial charge is 0.486 e. The molecule has 1 aromatic heterocycles. The lowest BCUT2D eigenvalue weighted by Gasteiger charge is -2.20. The summed E-state index contributed by atoms with van der Waals surface area (Å²) < 4.78 is 12.8. The lowest BCUT2D eigenvalue weighted by Crippen LogP contribution is -2.21. The first-order valence-corrected chi connectivity index (χ1v) is 9.00. The van der Waals surface area contributed by atoms with Crippen molar-refractivity contribution in [1.29, 1.82) is 0 Å². The van der Waals surface area contributed by atoms with Gasteiger partial charge in [-0.1, -0.05) is 23.7 Å². The predicted molar refractivity (Wildman–Crippen MR) is 103 cm³/mol. The van der Waals surface area contributed by atoms with E-state index < -0.39 is 0 Å². The fraction of sp³-hybridized carbons (Fsp3) is 0.200. The summed E-state index contributed by atoms with van der Waals surface area (Å²) in [5.74, 6) is 1.43. The number of anilines is 1. The van der Waals surface area contributed by atoms with Crippen LogP contribution in [0.3, 0.4) is 0 Å². The summed E-state index contributed by atoms with van der Waals surface area (Å²) in [6, 6.07) is 14.6. The standard InChI is InChI=1S/C20H18ClN3O3/c1-13(14-5-6-17-18(11-14)27-10-9-26-17)20(25)23-19-7-8-22-24(19)16-4-2-3-15(21)12-16/h2-8,11-13H,9-10H2,1H3,(H,23,25). The first-order valence-electron chi connectivity index (χ1n) is 8.62. The van der Waals surface area contributed by atoms with Gasteiger partial charge in [0.2, 0.25) is 5.91 Å². The van der Waals surface area contributed by atoms with Crippen molar-refractivity contribution in [2.24, 2.45) is 0 Å². The first-order chi connectivity index (χ1) is 13.1. The van der Waals surface area contributed by atoms with E-state index in [0.717, 1.165) is 11.3 Å². The van der Waals surface area contributed by atoms with Crippen LogP contribution in [-0.4, -0.2) is 28.9 Å². The molecule has 0 radical (unpaired) electrons. The van der Waals surface area contributed by atoms with Gasteiger partial charge in [0.05, 0.1) is 17.8 Å². The zero-order chi connectivity index (χ0) is 18.8. The van der Waals surface area contributed by atoms with Crippen LogP contribution in [0, 0.1) is 0 Å². The Labute approximate surface area is 161 Å². The highest BCUT2D eigenvalue weighted by Gasteiger charge is 2.20. The van der Waals surface area contributed by atoms with E-state index in [2.05, 4.69) is 10.4 Å². The number of rotatable bonds is 4. The van der Waals surface area contributed by atoms with Crippen LogP contribution >= 0.6 is 11.6 Å². The summed E-state index contributed by atoms with van der Waals surface area (Å²) in [6.07, 6.45) is 1.63. The van der Waals surface area contributed by atoms with Crippen molar-refractivity contribution in [3.05, 3.63) is 65.3 Å². The molecule has 0 aliphatic carbocycles. The molecule has 6 nitrogen and oxygen atoms in total. The molecule has 0 bridgehead atoms. The third kappa shape index (κ3) is 3.61. The lowest BCUT2D eigenvalue weighted by molar-refractivity contribution is -0.117. The van der Waals surface area contributed by atoms with E-state index in [1.807, 2.05) is 37.3 Å². The molecular weight excluding hydrogens is 366 g/mol. The third-order valence-corrected chi connectivity index (χ3v) is 4.64. The van der Waals surface area contributed by atoms with Crippen molar-refractivity contribution in [2.45, 2.75) is 12.8 Å². The van der Waals surface area contributed by atoms with Crippen LogP contribution in [0.2, 0.25) is 5.02 Å². The molecule has 1 aliphatic rings.